The first-order chi connectivity index (χ1) is 13.2. The Labute approximate surface area is 176 Å². The van der Waals surface area contributed by atoms with Gasteiger partial charge in [0.15, 0.2) is 0 Å². The molecule has 2 saturated heterocycles. The van der Waals surface area contributed by atoms with Gasteiger partial charge < -0.3 is 4.90 Å². The van der Waals surface area contributed by atoms with Gasteiger partial charge in [0, 0.05) is 19.1 Å². The summed E-state index contributed by atoms with van der Waals surface area (Å²) >= 11 is 12.8. The maximum absolute atomic E-state index is 12.4. The average molecular weight is 466 g/mol. The first kappa shape index (κ1) is 21.4. The molecule has 0 unspecified atom stereocenters. The maximum Gasteiger partial charge on any atom is 0.289 e. The van der Waals surface area contributed by atoms with Crippen molar-refractivity contribution in [3.8, 4) is 0 Å². The number of thioether (sulfide) groups is 1. The molecule has 0 aromatic heterocycles. The summed E-state index contributed by atoms with van der Waals surface area (Å²) in [4.78, 5) is 38.5. The SMILES string of the molecule is O=C(CNS(=O)(=O)c1c(Cl)cccc1Cl)N1CCC(N2C(=O)CSC2=O)CC1. The number of carbonyl (C=O) groups is 3. The van der Waals surface area contributed by atoms with Gasteiger partial charge in [-0.25, -0.2) is 13.1 Å². The zero-order valence-corrected chi connectivity index (χ0v) is 17.7. The lowest BCUT2D eigenvalue weighted by Crippen LogP contribution is -2.50. The fraction of sp³-hybridized carbons (Fsp3) is 0.438. The van der Waals surface area contributed by atoms with Gasteiger partial charge in [-0.15, -0.1) is 0 Å². The summed E-state index contributed by atoms with van der Waals surface area (Å²) in [5.41, 5.74) is 0. The van der Waals surface area contributed by atoms with Gasteiger partial charge in [-0.05, 0) is 25.0 Å². The van der Waals surface area contributed by atoms with Crippen LogP contribution >= 0.6 is 35.0 Å². The molecular weight excluding hydrogens is 449 g/mol. The number of rotatable bonds is 5. The van der Waals surface area contributed by atoms with E-state index in [9.17, 15) is 22.8 Å². The molecule has 2 heterocycles. The van der Waals surface area contributed by atoms with Crippen LogP contribution in [-0.4, -0.2) is 66.7 Å². The van der Waals surface area contributed by atoms with Crippen molar-refractivity contribution in [2.75, 3.05) is 25.4 Å². The van der Waals surface area contributed by atoms with Gasteiger partial charge in [0.1, 0.15) is 4.90 Å². The number of piperidine rings is 1. The summed E-state index contributed by atoms with van der Waals surface area (Å²) in [6, 6.07) is 4.09. The van der Waals surface area contributed by atoms with Gasteiger partial charge in [0.2, 0.25) is 21.8 Å². The predicted octanol–water partition coefficient (Wildman–Crippen LogP) is 1.96. The second-order valence-corrected chi connectivity index (χ2v) is 9.75. The Bertz CT molecular complexity index is 881. The van der Waals surface area contributed by atoms with Crippen molar-refractivity contribution in [3.05, 3.63) is 28.2 Å². The maximum atomic E-state index is 12.4. The van der Waals surface area contributed by atoms with Crippen LogP contribution in [0.15, 0.2) is 23.1 Å². The van der Waals surface area contributed by atoms with Crippen LogP contribution in [0, 0.1) is 0 Å². The molecule has 3 rings (SSSR count). The smallest absolute Gasteiger partial charge is 0.289 e. The normalized spacial score (nSPS) is 18.8. The van der Waals surface area contributed by atoms with Crippen molar-refractivity contribution in [3.63, 3.8) is 0 Å². The Hall–Kier alpha value is -1.33. The highest BCUT2D eigenvalue weighted by atomic mass is 35.5. The summed E-state index contributed by atoms with van der Waals surface area (Å²) < 4.78 is 27.1. The van der Waals surface area contributed by atoms with Crippen LogP contribution in [0.4, 0.5) is 4.79 Å². The molecule has 28 heavy (non-hydrogen) atoms. The van der Waals surface area contributed by atoms with Crippen molar-refractivity contribution in [1.82, 2.24) is 14.5 Å². The van der Waals surface area contributed by atoms with Crippen LogP contribution in [0.1, 0.15) is 12.8 Å². The lowest BCUT2D eigenvalue weighted by molar-refractivity contribution is -0.132. The van der Waals surface area contributed by atoms with E-state index >= 15 is 0 Å². The molecule has 3 amide bonds. The van der Waals surface area contributed by atoms with Crippen LogP contribution in [0.5, 0.6) is 0 Å². The topological polar surface area (TPSA) is 104 Å². The van der Waals surface area contributed by atoms with Gasteiger partial charge in [0.05, 0.1) is 22.3 Å². The number of carbonyl (C=O) groups excluding carboxylic acids is 3. The van der Waals surface area contributed by atoms with E-state index in [0.29, 0.717) is 25.9 Å². The van der Waals surface area contributed by atoms with E-state index in [1.807, 2.05) is 0 Å². The third kappa shape index (κ3) is 4.46. The molecule has 8 nitrogen and oxygen atoms in total. The molecular formula is C16H17Cl2N3O5S2. The van der Waals surface area contributed by atoms with E-state index in [0.717, 1.165) is 11.8 Å². The highest BCUT2D eigenvalue weighted by molar-refractivity contribution is 8.14. The number of nitrogens with zero attached hydrogens (tertiary/aromatic N) is 2. The number of benzene rings is 1. The molecule has 2 aliphatic heterocycles. The Morgan fingerprint density at radius 2 is 1.79 bits per heavy atom. The number of amides is 3. The van der Waals surface area contributed by atoms with Crippen LogP contribution in [0.25, 0.3) is 0 Å². The minimum absolute atomic E-state index is 0.0360. The monoisotopic (exact) mass is 465 g/mol. The number of hydrogen-bond donors (Lipinski definition) is 1. The highest BCUT2D eigenvalue weighted by Gasteiger charge is 2.38. The number of halogens is 2. The third-order valence-electron chi connectivity index (χ3n) is 4.57. The largest absolute Gasteiger partial charge is 0.341 e. The van der Waals surface area contributed by atoms with E-state index in [1.54, 1.807) is 0 Å². The van der Waals surface area contributed by atoms with E-state index in [2.05, 4.69) is 4.72 Å². The molecule has 1 aromatic carbocycles. The van der Waals surface area contributed by atoms with E-state index < -0.39 is 22.5 Å². The van der Waals surface area contributed by atoms with E-state index in [-0.39, 0.29) is 37.9 Å². The molecule has 2 fully saturated rings. The number of imide groups is 1. The Morgan fingerprint density at radius 3 is 2.32 bits per heavy atom. The average Bonchev–Trinajstić information content (AvgIpc) is 2.98. The first-order valence-corrected chi connectivity index (χ1v) is 11.6. The predicted molar refractivity (Wildman–Crippen MR) is 106 cm³/mol. The molecule has 0 bridgehead atoms. The third-order valence-corrected chi connectivity index (χ3v) is 7.76. The first-order valence-electron chi connectivity index (χ1n) is 8.41. The van der Waals surface area contributed by atoms with Gasteiger partial charge in [-0.2, -0.15) is 0 Å². The summed E-state index contributed by atoms with van der Waals surface area (Å²) in [5, 5.41) is -0.323. The van der Waals surface area contributed by atoms with Gasteiger partial charge >= 0.3 is 0 Å². The molecule has 1 aromatic rings. The van der Waals surface area contributed by atoms with Crippen molar-refractivity contribution in [2.24, 2.45) is 0 Å². The van der Waals surface area contributed by atoms with Crippen LogP contribution in [0.3, 0.4) is 0 Å². The standard InChI is InChI=1S/C16H17Cl2N3O5S2/c17-11-2-1-3-12(18)15(11)28(25,26)19-8-13(22)20-6-4-10(5-7-20)21-14(23)9-27-16(21)24/h1-3,10,19H,4-9H2. The van der Waals surface area contributed by atoms with E-state index in [4.69, 9.17) is 23.2 Å². The van der Waals surface area contributed by atoms with Crippen molar-refractivity contribution in [2.45, 2.75) is 23.8 Å². The van der Waals surface area contributed by atoms with Gasteiger partial charge in [-0.3, -0.25) is 19.3 Å². The number of likely N-dealkylation sites (tertiary alicyclic amines) is 1. The number of nitrogens with one attached hydrogen (secondary N) is 1. The van der Waals surface area contributed by atoms with Gasteiger partial charge in [0.25, 0.3) is 5.24 Å². The molecule has 1 N–H and O–H groups in total. The summed E-state index contributed by atoms with van der Waals surface area (Å²) in [5.74, 6) is -0.451. The summed E-state index contributed by atoms with van der Waals surface area (Å²) in [6.07, 6.45) is 0.930. The summed E-state index contributed by atoms with van der Waals surface area (Å²) in [6.45, 7) is 0.228. The van der Waals surface area contributed by atoms with E-state index in [1.165, 1.54) is 28.0 Å². The highest BCUT2D eigenvalue weighted by Crippen LogP contribution is 2.29. The van der Waals surface area contributed by atoms with Crippen molar-refractivity contribution < 1.29 is 22.8 Å². The molecule has 12 heteroatoms. The molecule has 0 spiro atoms. The van der Waals surface area contributed by atoms with Crippen LogP contribution < -0.4 is 4.72 Å². The molecule has 0 saturated carbocycles. The lowest BCUT2D eigenvalue weighted by Gasteiger charge is -2.35. The Kier molecular flexibility index (Phi) is 6.55. The molecule has 0 atom stereocenters. The summed E-state index contributed by atoms with van der Waals surface area (Å²) in [7, 11) is -4.06. The van der Waals surface area contributed by atoms with Gasteiger partial charge in [-0.1, -0.05) is 41.0 Å². The van der Waals surface area contributed by atoms with Crippen molar-refractivity contribution >= 4 is 62.0 Å². The lowest BCUT2D eigenvalue weighted by atomic mass is 10.0. The minimum atomic E-state index is -4.06. The zero-order valence-electron chi connectivity index (χ0n) is 14.6. The fourth-order valence-corrected chi connectivity index (χ4v) is 6.06. The Balaban J connectivity index is 1.56. The zero-order chi connectivity index (χ0) is 20.5. The fourth-order valence-electron chi connectivity index (χ4n) is 3.17. The van der Waals surface area contributed by atoms with Crippen molar-refractivity contribution in [1.29, 1.82) is 0 Å². The molecule has 0 aliphatic carbocycles. The molecule has 2 aliphatic rings. The molecule has 0 radical (unpaired) electrons. The second-order valence-electron chi connectivity index (χ2n) is 6.31. The second kappa shape index (κ2) is 8.58. The quantitative estimate of drug-likeness (QED) is 0.712. The minimum Gasteiger partial charge on any atom is -0.341 e. The number of sulfonamides is 1. The molecule has 152 valence electrons. The van der Waals surface area contributed by atoms with Crippen LogP contribution in [0.2, 0.25) is 10.0 Å². The Morgan fingerprint density at radius 1 is 1.18 bits per heavy atom. The van der Waals surface area contributed by atoms with Crippen LogP contribution in [-0.2, 0) is 19.6 Å². The number of hydrogen-bond acceptors (Lipinski definition) is 6.